The molecule has 160 valence electrons. The van der Waals surface area contributed by atoms with Crippen molar-refractivity contribution in [2.45, 2.75) is 31.7 Å². The first kappa shape index (κ1) is 20.7. The van der Waals surface area contributed by atoms with Crippen LogP contribution in [0.25, 0.3) is 0 Å². The lowest BCUT2D eigenvalue weighted by Crippen LogP contribution is -2.48. The third-order valence-electron chi connectivity index (χ3n) is 6.24. The normalized spacial score (nSPS) is 23.9. The summed E-state index contributed by atoms with van der Waals surface area (Å²) in [5.74, 6) is 0.990. The molecule has 1 aromatic heterocycles. The summed E-state index contributed by atoms with van der Waals surface area (Å²) < 4.78 is 10.9. The van der Waals surface area contributed by atoms with Gasteiger partial charge in [-0.05, 0) is 47.9 Å². The van der Waals surface area contributed by atoms with Crippen molar-refractivity contribution in [1.29, 1.82) is 0 Å². The first-order chi connectivity index (χ1) is 14.5. The molecular formula is C23H28N2O4S. The second-order valence-corrected chi connectivity index (χ2v) is 9.16. The van der Waals surface area contributed by atoms with Crippen molar-refractivity contribution >= 4 is 23.2 Å². The average Bonchev–Trinajstić information content (AvgIpc) is 3.29. The molecule has 2 aliphatic heterocycles. The quantitative estimate of drug-likeness (QED) is 0.740. The van der Waals surface area contributed by atoms with E-state index in [1.165, 1.54) is 0 Å². The van der Waals surface area contributed by atoms with Crippen molar-refractivity contribution in [2.75, 3.05) is 34.4 Å². The molecule has 0 saturated carbocycles. The fourth-order valence-corrected chi connectivity index (χ4v) is 5.62. The Morgan fingerprint density at radius 3 is 2.57 bits per heavy atom. The number of methoxy groups -OCH3 is 2. The summed E-state index contributed by atoms with van der Waals surface area (Å²) in [6.07, 6.45) is 2.15. The molecule has 0 N–H and O–H groups in total. The first-order valence-electron chi connectivity index (χ1n) is 10.3. The van der Waals surface area contributed by atoms with E-state index in [1.807, 2.05) is 28.5 Å². The minimum Gasteiger partial charge on any atom is -0.493 e. The van der Waals surface area contributed by atoms with Crippen LogP contribution in [0.3, 0.4) is 0 Å². The topological polar surface area (TPSA) is 59.1 Å². The number of rotatable bonds is 4. The second kappa shape index (κ2) is 8.30. The van der Waals surface area contributed by atoms with E-state index >= 15 is 0 Å². The lowest BCUT2D eigenvalue weighted by molar-refractivity contribution is -0.136. The van der Waals surface area contributed by atoms with E-state index in [1.54, 1.807) is 43.6 Å². The molecule has 4 rings (SSSR count). The fraction of sp³-hybridized carbons (Fsp3) is 0.478. The van der Waals surface area contributed by atoms with Crippen LogP contribution < -0.4 is 9.47 Å². The lowest BCUT2D eigenvalue weighted by Gasteiger charge is -2.42. The molecule has 3 atom stereocenters. The highest BCUT2D eigenvalue weighted by Crippen LogP contribution is 2.47. The van der Waals surface area contributed by atoms with Crippen molar-refractivity contribution in [3.8, 4) is 11.5 Å². The van der Waals surface area contributed by atoms with Crippen LogP contribution in [0.1, 0.15) is 52.5 Å². The maximum absolute atomic E-state index is 13.9. The van der Waals surface area contributed by atoms with Crippen LogP contribution >= 0.6 is 11.3 Å². The van der Waals surface area contributed by atoms with Gasteiger partial charge in [0, 0.05) is 30.6 Å². The number of nitrogens with zero attached hydrogens (tertiary/aromatic N) is 2. The maximum atomic E-state index is 13.9. The minimum absolute atomic E-state index is 0.0766. The van der Waals surface area contributed by atoms with E-state index in [9.17, 15) is 9.59 Å². The Balaban J connectivity index is 1.87. The summed E-state index contributed by atoms with van der Waals surface area (Å²) in [5.41, 5.74) is 1.23. The van der Waals surface area contributed by atoms with Crippen LogP contribution in [-0.4, -0.2) is 56.0 Å². The van der Waals surface area contributed by atoms with Crippen molar-refractivity contribution in [3.05, 3.63) is 45.6 Å². The van der Waals surface area contributed by atoms with Crippen LogP contribution in [0.15, 0.2) is 29.6 Å². The number of carbonyl (C=O) groups excluding carboxylic acids is 2. The Kier molecular flexibility index (Phi) is 5.73. The molecule has 0 radical (unpaired) electrons. The third-order valence-corrected chi connectivity index (χ3v) is 7.19. The van der Waals surface area contributed by atoms with Gasteiger partial charge in [-0.15, -0.1) is 11.3 Å². The van der Waals surface area contributed by atoms with E-state index in [2.05, 4.69) is 6.92 Å². The van der Waals surface area contributed by atoms with Crippen LogP contribution in [0.5, 0.6) is 11.5 Å². The number of ether oxygens (including phenoxy) is 2. The average molecular weight is 429 g/mol. The summed E-state index contributed by atoms with van der Waals surface area (Å²) >= 11 is 1.58. The Morgan fingerprint density at radius 1 is 1.20 bits per heavy atom. The molecule has 1 aromatic carbocycles. The molecular weight excluding hydrogens is 400 g/mol. The molecule has 2 amide bonds. The van der Waals surface area contributed by atoms with Crippen LogP contribution in [0, 0.1) is 5.92 Å². The molecule has 0 aliphatic carbocycles. The number of likely N-dealkylation sites (N-methyl/N-ethyl adjacent to an activating group) is 1. The van der Waals surface area contributed by atoms with Crippen molar-refractivity contribution in [2.24, 2.45) is 5.92 Å². The predicted molar refractivity (Wildman–Crippen MR) is 116 cm³/mol. The zero-order valence-electron chi connectivity index (χ0n) is 17.9. The number of benzene rings is 1. The van der Waals surface area contributed by atoms with Crippen molar-refractivity contribution < 1.29 is 19.1 Å². The minimum atomic E-state index is -0.480. The molecule has 1 saturated heterocycles. The molecule has 6 nitrogen and oxygen atoms in total. The van der Waals surface area contributed by atoms with E-state index < -0.39 is 5.92 Å². The Hall–Kier alpha value is -2.54. The highest BCUT2D eigenvalue weighted by atomic mass is 32.1. The molecule has 30 heavy (non-hydrogen) atoms. The molecule has 7 heteroatoms. The number of likely N-dealkylation sites (tertiary alicyclic amines) is 1. The number of piperidine rings is 1. The summed E-state index contributed by atoms with van der Waals surface area (Å²) in [5, 5.41) is 1.99. The van der Waals surface area contributed by atoms with Gasteiger partial charge in [-0.2, -0.15) is 0 Å². The monoisotopic (exact) mass is 428 g/mol. The summed E-state index contributed by atoms with van der Waals surface area (Å²) in [6, 6.07) is 7.15. The van der Waals surface area contributed by atoms with Gasteiger partial charge in [0.25, 0.3) is 5.91 Å². The van der Waals surface area contributed by atoms with Crippen molar-refractivity contribution in [3.63, 3.8) is 0 Å². The zero-order chi connectivity index (χ0) is 21.4. The first-order valence-corrected chi connectivity index (χ1v) is 11.2. The zero-order valence-corrected chi connectivity index (χ0v) is 18.7. The highest BCUT2D eigenvalue weighted by molar-refractivity contribution is 7.10. The fourth-order valence-electron chi connectivity index (χ4n) is 4.72. The highest BCUT2D eigenvalue weighted by Gasteiger charge is 2.45. The number of carbonyl (C=O) groups is 2. The maximum Gasteiger partial charge on any atom is 0.254 e. The van der Waals surface area contributed by atoms with Crippen LogP contribution in [-0.2, 0) is 4.79 Å². The van der Waals surface area contributed by atoms with Crippen LogP contribution in [0.2, 0.25) is 0 Å². The van der Waals surface area contributed by atoms with Gasteiger partial charge in [-0.25, -0.2) is 0 Å². The van der Waals surface area contributed by atoms with E-state index in [0.29, 0.717) is 23.0 Å². The van der Waals surface area contributed by atoms with Gasteiger partial charge >= 0.3 is 0 Å². The van der Waals surface area contributed by atoms with Gasteiger partial charge in [0.2, 0.25) is 5.91 Å². The summed E-state index contributed by atoms with van der Waals surface area (Å²) in [6.45, 7) is 3.71. The predicted octanol–water partition coefficient (Wildman–Crippen LogP) is 3.93. The van der Waals surface area contributed by atoms with E-state index in [0.717, 1.165) is 36.4 Å². The Morgan fingerprint density at radius 2 is 1.93 bits per heavy atom. The number of thiophene rings is 1. The third kappa shape index (κ3) is 3.45. The lowest BCUT2D eigenvalue weighted by atomic mass is 9.80. The van der Waals surface area contributed by atoms with E-state index in [-0.39, 0.29) is 17.9 Å². The number of hydrogen-bond acceptors (Lipinski definition) is 5. The Bertz CT molecular complexity index is 943. The molecule has 0 spiro atoms. The molecule has 2 aromatic rings. The molecule has 1 fully saturated rings. The second-order valence-electron chi connectivity index (χ2n) is 8.18. The van der Waals surface area contributed by atoms with Gasteiger partial charge in [-0.3, -0.25) is 9.59 Å². The molecule has 2 aliphatic rings. The smallest absolute Gasteiger partial charge is 0.254 e. The number of hydrogen-bond donors (Lipinski definition) is 0. The van der Waals surface area contributed by atoms with Gasteiger partial charge in [0.1, 0.15) is 0 Å². The van der Waals surface area contributed by atoms with Gasteiger partial charge in [0.05, 0.1) is 26.2 Å². The largest absolute Gasteiger partial charge is 0.493 e. The van der Waals surface area contributed by atoms with Gasteiger partial charge < -0.3 is 19.3 Å². The standard InChI is InChI=1S/C23H28N2O4S/c1-14-7-5-9-25(13-14)23(27)20-15-11-17(28-3)18(29-4)12-16(15)22(26)24(2)21(20)19-8-6-10-30-19/h6,8,10-12,14,20-21H,5,7,9,13H2,1-4H3/t14-,20-,21-/m0/s1. The van der Waals surface area contributed by atoms with Crippen molar-refractivity contribution in [1.82, 2.24) is 9.80 Å². The SMILES string of the molecule is COc1cc2c(cc1OC)[C@H](C(=O)N1CCC[C@H](C)C1)[C@H](c1cccs1)N(C)C2=O. The summed E-state index contributed by atoms with van der Waals surface area (Å²) in [4.78, 5) is 31.9. The number of amides is 2. The summed E-state index contributed by atoms with van der Waals surface area (Å²) in [7, 11) is 4.90. The molecule has 3 heterocycles. The molecule has 0 bridgehead atoms. The van der Waals surface area contributed by atoms with Crippen LogP contribution in [0.4, 0.5) is 0 Å². The van der Waals surface area contributed by atoms with E-state index in [4.69, 9.17) is 9.47 Å². The Labute approximate surface area is 181 Å². The molecule has 0 unspecified atom stereocenters. The van der Waals surface area contributed by atoms with Gasteiger partial charge in [0.15, 0.2) is 11.5 Å². The number of fused-ring (bicyclic) bond motifs is 1. The van der Waals surface area contributed by atoms with Gasteiger partial charge in [-0.1, -0.05) is 13.0 Å².